The number of aryl methyl sites for hydroxylation is 1. The summed E-state index contributed by atoms with van der Waals surface area (Å²) in [4.78, 5) is 26.0. The Hall–Kier alpha value is -2.56. The van der Waals surface area contributed by atoms with E-state index in [2.05, 4.69) is 10.3 Å². The normalized spacial score (nSPS) is 10.2. The lowest BCUT2D eigenvalue weighted by Gasteiger charge is -2.09. The van der Waals surface area contributed by atoms with Crippen molar-refractivity contribution in [3.8, 4) is 5.75 Å². The third kappa shape index (κ3) is 3.95. The number of pyridine rings is 1. The first-order chi connectivity index (χ1) is 10.1. The van der Waals surface area contributed by atoms with Gasteiger partial charge in [-0.05, 0) is 31.0 Å². The molecule has 1 aromatic carbocycles. The summed E-state index contributed by atoms with van der Waals surface area (Å²) < 4.78 is 5.26. The molecule has 5 heteroatoms. The van der Waals surface area contributed by atoms with Crippen LogP contribution < -0.4 is 15.6 Å². The van der Waals surface area contributed by atoms with Crippen LogP contribution in [0.25, 0.3) is 0 Å². The van der Waals surface area contributed by atoms with Crippen molar-refractivity contribution in [1.29, 1.82) is 0 Å². The molecule has 0 aliphatic carbocycles. The van der Waals surface area contributed by atoms with Gasteiger partial charge in [0.05, 0.1) is 7.11 Å². The number of amides is 1. The Balaban J connectivity index is 1.97. The number of aromatic nitrogens is 1. The van der Waals surface area contributed by atoms with Crippen LogP contribution >= 0.6 is 0 Å². The second kappa shape index (κ2) is 6.74. The predicted molar refractivity (Wildman–Crippen MR) is 80.8 cm³/mol. The van der Waals surface area contributed by atoms with Crippen molar-refractivity contribution in [3.05, 3.63) is 63.6 Å². The highest BCUT2D eigenvalue weighted by molar-refractivity contribution is 5.94. The molecule has 21 heavy (non-hydrogen) atoms. The van der Waals surface area contributed by atoms with Crippen molar-refractivity contribution in [3.63, 3.8) is 0 Å². The number of benzene rings is 1. The summed E-state index contributed by atoms with van der Waals surface area (Å²) in [6, 6.07) is 10.6. The molecule has 0 bridgehead atoms. The molecule has 1 aromatic heterocycles. The van der Waals surface area contributed by atoms with Crippen LogP contribution in [-0.4, -0.2) is 24.5 Å². The Kier molecular flexibility index (Phi) is 4.77. The summed E-state index contributed by atoms with van der Waals surface area (Å²) in [7, 11) is 1.62. The van der Waals surface area contributed by atoms with Crippen LogP contribution in [0.3, 0.4) is 0 Å². The summed E-state index contributed by atoms with van der Waals surface area (Å²) in [6.45, 7) is 2.22. The number of carbonyl (C=O) groups excluding carboxylic acids is 1. The third-order valence-electron chi connectivity index (χ3n) is 3.11. The Morgan fingerprint density at radius 1 is 1.29 bits per heavy atom. The Morgan fingerprint density at radius 2 is 2.05 bits per heavy atom. The number of para-hydroxylation sites is 1. The molecule has 0 atom stereocenters. The first-order valence-electron chi connectivity index (χ1n) is 6.71. The fraction of sp³-hybridized carbons (Fsp3) is 0.250. The molecule has 5 nitrogen and oxygen atoms in total. The number of carbonyl (C=O) groups is 1. The minimum Gasteiger partial charge on any atom is -0.496 e. The van der Waals surface area contributed by atoms with Gasteiger partial charge in [0.2, 0.25) is 5.56 Å². The maximum atomic E-state index is 12.0. The molecule has 1 amide bonds. The molecule has 0 saturated carbocycles. The van der Waals surface area contributed by atoms with Crippen LogP contribution in [0.1, 0.15) is 21.6 Å². The lowest BCUT2D eigenvalue weighted by molar-refractivity contribution is 0.0953. The van der Waals surface area contributed by atoms with E-state index in [1.54, 1.807) is 20.1 Å². The molecule has 0 radical (unpaired) electrons. The quantitative estimate of drug-likeness (QED) is 0.878. The summed E-state index contributed by atoms with van der Waals surface area (Å²) in [5, 5.41) is 2.81. The van der Waals surface area contributed by atoms with Gasteiger partial charge in [0.25, 0.3) is 5.91 Å². The Bertz CT molecular complexity index is 692. The molecule has 0 saturated heterocycles. The van der Waals surface area contributed by atoms with E-state index in [0.717, 1.165) is 11.3 Å². The van der Waals surface area contributed by atoms with Gasteiger partial charge in [-0.15, -0.1) is 0 Å². The largest absolute Gasteiger partial charge is 0.496 e. The molecule has 2 rings (SSSR count). The van der Waals surface area contributed by atoms with Gasteiger partial charge in [0.1, 0.15) is 5.75 Å². The van der Waals surface area contributed by atoms with E-state index in [1.807, 2.05) is 24.3 Å². The first kappa shape index (κ1) is 14.8. The van der Waals surface area contributed by atoms with Crippen LogP contribution in [0.2, 0.25) is 0 Å². The zero-order chi connectivity index (χ0) is 15.2. The highest BCUT2D eigenvalue weighted by Gasteiger charge is 2.07. The Labute approximate surface area is 123 Å². The third-order valence-corrected chi connectivity index (χ3v) is 3.11. The molecule has 0 aliphatic rings. The molecule has 110 valence electrons. The van der Waals surface area contributed by atoms with Crippen LogP contribution in [0, 0.1) is 6.92 Å². The number of nitrogens with one attached hydrogen (secondary N) is 2. The minimum atomic E-state index is -0.273. The molecule has 2 aromatic rings. The number of rotatable bonds is 5. The molecular formula is C16H18N2O3. The number of aromatic amines is 1. The van der Waals surface area contributed by atoms with Gasteiger partial charge in [-0.3, -0.25) is 9.59 Å². The average molecular weight is 286 g/mol. The SMILES string of the molecule is COc1ccccc1CCNC(=O)c1cc(C)[nH]c(=O)c1. The lowest BCUT2D eigenvalue weighted by atomic mass is 10.1. The van der Waals surface area contributed by atoms with Crippen molar-refractivity contribution in [1.82, 2.24) is 10.3 Å². The molecular weight excluding hydrogens is 268 g/mol. The molecule has 0 unspecified atom stereocenters. The second-order valence-electron chi connectivity index (χ2n) is 4.73. The maximum absolute atomic E-state index is 12.0. The number of hydrogen-bond donors (Lipinski definition) is 2. The fourth-order valence-corrected chi connectivity index (χ4v) is 2.14. The molecule has 0 fully saturated rings. The fourth-order valence-electron chi connectivity index (χ4n) is 2.14. The van der Waals surface area contributed by atoms with Crippen molar-refractivity contribution < 1.29 is 9.53 Å². The number of hydrogen-bond acceptors (Lipinski definition) is 3. The van der Waals surface area contributed by atoms with Crippen molar-refractivity contribution in [2.45, 2.75) is 13.3 Å². The van der Waals surface area contributed by atoms with E-state index in [4.69, 9.17) is 4.74 Å². The number of ether oxygens (including phenoxy) is 1. The highest BCUT2D eigenvalue weighted by Crippen LogP contribution is 2.17. The standard InChI is InChI=1S/C16H18N2O3/c1-11-9-13(10-15(19)18-11)16(20)17-8-7-12-5-3-4-6-14(12)21-2/h3-6,9-10H,7-8H2,1-2H3,(H,17,20)(H,18,19). The summed E-state index contributed by atoms with van der Waals surface area (Å²) in [5.41, 5.74) is 1.79. The van der Waals surface area contributed by atoms with E-state index in [1.165, 1.54) is 6.07 Å². The van der Waals surface area contributed by atoms with Gasteiger partial charge in [-0.25, -0.2) is 0 Å². The summed E-state index contributed by atoms with van der Waals surface area (Å²) in [6.07, 6.45) is 0.665. The second-order valence-corrected chi connectivity index (χ2v) is 4.73. The van der Waals surface area contributed by atoms with E-state index < -0.39 is 0 Å². The smallest absolute Gasteiger partial charge is 0.251 e. The molecule has 2 N–H and O–H groups in total. The van der Waals surface area contributed by atoms with Gasteiger partial charge in [-0.2, -0.15) is 0 Å². The molecule has 1 heterocycles. The lowest BCUT2D eigenvalue weighted by Crippen LogP contribution is -2.27. The van der Waals surface area contributed by atoms with Gasteiger partial charge < -0.3 is 15.0 Å². The summed E-state index contributed by atoms with van der Waals surface area (Å²) >= 11 is 0. The van der Waals surface area contributed by atoms with Crippen LogP contribution in [0.15, 0.2) is 41.2 Å². The highest BCUT2D eigenvalue weighted by atomic mass is 16.5. The zero-order valence-corrected chi connectivity index (χ0v) is 12.1. The minimum absolute atomic E-state index is 0.251. The Morgan fingerprint density at radius 3 is 2.76 bits per heavy atom. The van der Waals surface area contributed by atoms with Crippen molar-refractivity contribution >= 4 is 5.91 Å². The van der Waals surface area contributed by atoms with E-state index in [-0.39, 0.29) is 11.5 Å². The van der Waals surface area contributed by atoms with Crippen LogP contribution in [0.5, 0.6) is 5.75 Å². The van der Waals surface area contributed by atoms with Gasteiger partial charge >= 0.3 is 0 Å². The van der Waals surface area contributed by atoms with E-state index in [9.17, 15) is 9.59 Å². The predicted octanol–water partition coefficient (Wildman–Crippen LogP) is 1.66. The van der Waals surface area contributed by atoms with Crippen LogP contribution in [-0.2, 0) is 6.42 Å². The van der Waals surface area contributed by atoms with Gasteiger partial charge in [-0.1, -0.05) is 18.2 Å². The zero-order valence-electron chi connectivity index (χ0n) is 12.1. The molecule has 0 aliphatic heterocycles. The monoisotopic (exact) mass is 286 g/mol. The number of methoxy groups -OCH3 is 1. The number of H-pyrrole nitrogens is 1. The van der Waals surface area contributed by atoms with Crippen LogP contribution in [0.4, 0.5) is 0 Å². The first-order valence-corrected chi connectivity index (χ1v) is 6.71. The van der Waals surface area contributed by atoms with E-state index in [0.29, 0.717) is 24.2 Å². The summed E-state index contributed by atoms with van der Waals surface area (Å²) in [5.74, 6) is 0.554. The van der Waals surface area contributed by atoms with Gasteiger partial charge in [0.15, 0.2) is 0 Å². The van der Waals surface area contributed by atoms with Gasteiger partial charge in [0, 0.05) is 23.9 Å². The maximum Gasteiger partial charge on any atom is 0.251 e. The topological polar surface area (TPSA) is 71.2 Å². The van der Waals surface area contributed by atoms with Crippen molar-refractivity contribution in [2.75, 3.05) is 13.7 Å². The average Bonchev–Trinajstić information content (AvgIpc) is 2.46. The molecule has 0 spiro atoms. The van der Waals surface area contributed by atoms with E-state index >= 15 is 0 Å². The van der Waals surface area contributed by atoms with Crippen molar-refractivity contribution in [2.24, 2.45) is 0 Å².